The third-order valence-corrected chi connectivity index (χ3v) is 5.67. The summed E-state index contributed by atoms with van der Waals surface area (Å²) in [6, 6.07) is 12.9. The summed E-state index contributed by atoms with van der Waals surface area (Å²) in [7, 11) is 0. The SMILES string of the molecule is CCOc1ccc(Cc2cc([C@@H]3O[C@H](SO)[C@@H](O)[C@H](O)[C@H]3O)ccc2Cl)cc1. The van der Waals surface area contributed by atoms with Gasteiger partial charge in [-0.15, -0.1) is 0 Å². The van der Waals surface area contributed by atoms with E-state index in [-0.39, 0.29) is 0 Å². The highest BCUT2D eigenvalue weighted by Crippen LogP contribution is 2.37. The number of aliphatic hydroxyl groups is 3. The van der Waals surface area contributed by atoms with Crippen molar-refractivity contribution in [2.75, 3.05) is 6.61 Å². The van der Waals surface area contributed by atoms with Gasteiger partial charge < -0.3 is 29.3 Å². The van der Waals surface area contributed by atoms with Gasteiger partial charge >= 0.3 is 0 Å². The molecule has 0 radical (unpaired) electrons. The second-order valence-corrected chi connectivity index (χ2v) is 7.69. The Kier molecular flexibility index (Phi) is 7.22. The average molecular weight is 427 g/mol. The van der Waals surface area contributed by atoms with Crippen LogP contribution < -0.4 is 4.74 Å². The van der Waals surface area contributed by atoms with Crippen LogP contribution in [0.1, 0.15) is 29.7 Å². The Morgan fingerprint density at radius 1 is 1.04 bits per heavy atom. The summed E-state index contributed by atoms with van der Waals surface area (Å²) in [6.07, 6.45) is -4.51. The lowest BCUT2D eigenvalue weighted by atomic mass is 9.92. The Balaban J connectivity index is 1.82. The van der Waals surface area contributed by atoms with Crippen LogP contribution in [-0.2, 0) is 11.2 Å². The van der Waals surface area contributed by atoms with E-state index in [1.807, 2.05) is 31.2 Å². The molecule has 28 heavy (non-hydrogen) atoms. The molecular formula is C20H23ClO6S. The summed E-state index contributed by atoms with van der Waals surface area (Å²) in [4.78, 5) is 0. The predicted octanol–water partition coefficient (Wildman–Crippen LogP) is 3.02. The van der Waals surface area contributed by atoms with E-state index >= 15 is 0 Å². The highest BCUT2D eigenvalue weighted by Gasteiger charge is 2.44. The largest absolute Gasteiger partial charge is 0.494 e. The molecule has 0 spiro atoms. The van der Waals surface area contributed by atoms with E-state index in [4.69, 9.17) is 21.1 Å². The van der Waals surface area contributed by atoms with Gasteiger partial charge in [0.05, 0.1) is 6.61 Å². The molecule has 0 amide bonds. The minimum absolute atomic E-state index is 0.292. The smallest absolute Gasteiger partial charge is 0.157 e. The fourth-order valence-electron chi connectivity index (χ4n) is 3.21. The van der Waals surface area contributed by atoms with Crippen LogP contribution in [-0.4, -0.2) is 50.2 Å². The van der Waals surface area contributed by atoms with Crippen LogP contribution in [0.25, 0.3) is 0 Å². The first-order valence-corrected chi connectivity index (χ1v) is 10.2. The lowest BCUT2D eigenvalue weighted by Gasteiger charge is -2.39. The molecule has 0 aromatic heterocycles. The summed E-state index contributed by atoms with van der Waals surface area (Å²) in [6.45, 7) is 2.53. The monoisotopic (exact) mass is 426 g/mol. The quantitative estimate of drug-likeness (QED) is 0.527. The maximum absolute atomic E-state index is 10.3. The van der Waals surface area contributed by atoms with Gasteiger partial charge in [-0.1, -0.05) is 35.9 Å². The number of halogens is 1. The number of hydrogen-bond acceptors (Lipinski definition) is 7. The molecule has 4 N–H and O–H groups in total. The molecule has 0 unspecified atom stereocenters. The van der Waals surface area contributed by atoms with Crippen molar-refractivity contribution in [3.05, 3.63) is 64.2 Å². The van der Waals surface area contributed by atoms with Crippen molar-refractivity contribution in [3.8, 4) is 5.75 Å². The molecule has 152 valence electrons. The Bertz CT molecular complexity index is 785. The van der Waals surface area contributed by atoms with Crippen molar-refractivity contribution in [1.82, 2.24) is 0 Å². The maximum Gasteiger partial charge on any atom is 0.157 e. The van der Waals surface area contributed by atoms with Crippen molar-refractivity contribution in [3.63, 3.8) is 0 Å². The molecule has 2 aromatic rings. The van der Waals surface area contributed by atoms with Gasteiger partial charge in [0, 0.05) is 17.1 Å². The van der Waals surface area contributed by atoms with Gasteiger partial charge in [0.1, 0.15) is 30.2 Å². The molecule has 1 saturated heterocycles. The van der Waals surface area contributed by atoms with Crippen molar-refractivity contribution >= 4 is 23.6 Å². The van der Waals surface area contributed by atoms with E-state index in [1.54, 1.807) is 18.2 Å². The highest BCUT2D eigenvalue weighted by molar-refractivity contribution is 7.94. The normalized spacial score (nSPS) is 27.6. The first-order valence-electron chi connectivity index (χ1n) is 8.94. The first-order chi connectivity index (χ1) is 13.4. The van der Waals surface area contributed by atoms with E-state index in [0.717, 1.165) is 16.9 Å². The molecule has 0 aliphatic carbocycles. The van der Waals surface area contributed by atoms with Crippen molar-refractivity contribution in [2.24, 2.45) is 0 Å². The standard InChI is InChI=1S/C20H23ClO6S/c1-2-26-14-6-3-11(4-7-14)9-13-10-12(5-8-15(13)21)19-17(23)16(22)18(24)20(27-19)28-25/h3-8,10,16-20,22-25H,2,9H2,1H3/t16-,17-,18+,19+,20-/m1/s1. The molecule has 1 fully saturated rings. The molecule has 1 aliphatic rings. The van der Waals surface area contributed by atoms with E-state index in [1.165, 1.54) is 0 Å². The third-order valence-electron chi connectivity index (χ3n) is 4.70. The second-order valence-electron chi connectivity index (χ2n) is 6.61. The molecule has 8 heteroatoms. The van der Waals surface area contributed by atoms with E-state index in [9.17, 15) is 19.9 Å². The second kappa shape index (κ2) is 9.45. The molecule has 3 rings (SSSR count). The summed E-state index contributed by atoms with van der Waals surface area (Å²) in [5.41, 5.74) is 1.40. The van der Waals surface area contributed by atoms with Gasteiger partial charge in [-0.2, -0.15) is 0 Å². The number of rotatable bonds is 6. The van der Waals surface area contributed by atoms with Crippen LogP contribution in [0.2, 0.25) is 5.02 Å². The highest BCUT2D eigenvalue weighted by atomic mass is 35.5. The molecule has 0 saturated carbocycles. The number of hydrogen-bond donors (Lipinski definition) is 4. The first kappa shape index (κ1) is 21.4. The summed E-state index contributed by atoms with van der Waals surface area (Å²) >= 11 is 6.64. The molecule has 2 aromatic carbocycles. The van der Waals surface area contributed by atoms with E-state index in [2.05, 4.69) is 0 Å². The van der Waals surface area contributed by atoms with Gasteiger partial charge in [0.15, 0.2) is 5.44 Å². The minimum Gasteiger partial charge on any atom is -0.494 e. The lowest BCUT2D eigenvalue weighted by Crippen LogP contribution is -2.52. The summed E-state index contributed by atoms with van der Waals surface area (Å²) in [5, 5.41) is 30.8. The number of benzene rings is 2. The van der Waals surface area contributed by atoms with Crippen LogP contribution in [0.5, 0.6) is 5.75 Å². The van der Waals surface area contributed by atoms with Crippen molar-refractivity contribution < 1.29 is 29.3 Å². The maximum atomic E-state index is 10.3. The van der Waals surface area contributed by atoms with Gasteiger partial charge in [-0.25, -0.2) is 0 Å². The zero-order chi connectivity index (χ0) is 20.3. The number of ether oxygens (including phenoxy) is 2. The Morgan fingerprint density at radius 2 is 1.75 bits per heavy atom. The fourth-order valence-corrected chi connectivity index (χ4v) is 3.85. The topological polar surface area (TPSA) is 99.4 Å². The van der Waals surface area contributed by atoms with E-state index < -0.39 is 29.9 Å². The molecule has 1 aliphatic heterocycles. The molecule has 6 nitrogen and oxygen atoms in total. The van der Waals surface area contributed by atoms with Crippen LogP contribution in [0.3, 0.4) is 0 Å². The van der Waals surface area contributed by atoms with Crippen LogP contribution in [0.15, 0.2) is 42.5 Å². The van der Waals surface area contributed by atoms with Crippen LogP contribution in [0.4, 0.5) is 0 Å². The minimum atomic E-state index is -1.44. The zero-order valence-electron chi connectivity index (χ0n) is 15.2. The summed E-state index contributed by atoms with van der Waals surface area (Å²) in [5.74, 6) is 0.796. The van der Waals surface area contributed by atoms with E-state index in [0.29, 0.717) is 35.7 Å². The Hall–Kier alpha value is -1.32. The molecule has 0 bridgehead atoms. The summed E-state index contributed by atoms with van der Waals surface area (Å²) < 4.78 is 20.3. The van der Waals surface area contributed by atoms with Crippen molar-refractivity contribution in [2.45, 2.75) is 43.2 Å². The van der Waals surface area contributed by atoms with Gasteiger partial charge in [-0.3, -0.25) is 0 Å². The average Bonchev–Trinajstić information content (AvgIpc) is 2.70. The molecular weight excluding hydrogens is 404 g/mol. The Morgan fingerprint density at radius 3 is 2.39 bits per heavy atom. The fraction of sp³-hybridized carbons (Fsp3) is 0.400. The zero-order valence-corrected chi connectivity index (χ0v) is 16.8. The number of aliphatic hydroxyl groups excluding tert-OH is 3. The molecule has 5 atom stereocenters. The van der Waals surface area contributed by atoms with Gasteiger partial charge in [0.2, 0.25) is 0 Å². The molecule has 1 heterocycles. The predicted molar refractivity (Wildman–Crippen MR) is 108 cm³/mol. The van der Waals surface area contributed by atoms with Crippen LogP contribution >= 0.6 is 23.6 Å². The lowest BCUT2D eigenvalue weighted by molar-refractivity contribution is -0.201. The van der Waals surface area contributed by atoms with Gasteiger partial charge in [0.25, 0.3) is 0 Å². The van der Waals surface area contributed by atoms with Crippen molar-refractivity contribution in [1.29, 1.82) is 0 Å². The van der Waals surface area contributed by atoms with Crippen LogP contribution in [0, 0.1) is 0 Å². The third kappa shape index (κ3) is 4.63. The Labute approximate surface area is 172 Å². The van der Waals surface area contributed by atoms with Gasteiger partial charge in [-0.05, 0) is 48.2 Å².